The molecule has 0 spiro atoms. The summed E-state index contributed by atoms with van der Waals surface area (Å²) in [5, 5.41) is 0. The predicted molar refractivity (Wildman–Crippen MR) is 78.8 cm³/mol. The number of aryl methyl sites for hydroxylation is 1. The zero-order valence-electron chi connectivity index (χ0n) is 12.6. The summed E-state index contributed by atoms with van der Waals surface area (Å²) in [6.07, 6.45) is 0. The summed E-state index contributed by atoms with van der Waals surface area (Å²) in [5.74, 6) is 0.139. The van der Waals surface area contributed by atoms with Gasteiger partial charge in [-0.3, -0.25) is 14.5 Å². The van der Waals surface area contributed by atoms with Crippen molar-refractivity contribution in [1.29, 1.82) is 0 Å². The Kier molecular flexibility index (Phi) is 3.95. The van der Waals surface area contributed by atoms with Gasteiger partial charge in [0.2, 0.25) is 5.91 Å². The second-order valence-corrected chi connectivity index (χ2v) is 6.00. The lowest BCUT2D eigenvalue weighted by Gasteiger charge is -2.44. The highest BCUT2D eigenvalue weighted by molar-refractivity contribution is 5.98. The summed E-state index contributed by atoms with van der Waals surface area (Å²) in [4.78, 5) is 28.3. The Hall–Kier alpha value is -1.68. The molecule has 0 atom stereocenters. The molecule has 0 bridgehead atoms. The monoisotopic (exact) mass is 274 g/mol. The molecule has 0 N–H and O–H groups in total. The van der Waals surface area contributed by atoms with Crippen molar-refractivity contribution in [3.05, 3.63) is 35.4 Å². The first kappa shape index (κ1) is 14.7. The Morgan fingerprint density at radius 3 is 2.65 bits per heavy atom. The van der Waals surface area contributed by atoms with E-state index in [4.69, 9.17) is 0 Å². The van der Waals surface area contributed by atoms with Crippen molar-refractivity contribution in [3.8, 4) is 0 Å². The number of hydrogen-bond acceptors (Lipinski definition) is 3. The molecule has 20 heavy (non-hydrogen) atoms. The minimum atomic E-state index is -0.619. The van der Waals surface area contributed by atoms with Gasteiger partial charge in [-0.1, -0.05) is 23.8 Å². The minimum Gasteiger partial charge on any atom is -0.343 e. The van der Waals surface area contributed by atoms with Crippen LogP contribution in [0.4, 0.5) is 0 Å². The van der Waals surface area contributed by atoms with E-state index in [2.05, 4.69) is 0 Å². The minimum absolute atomic E-state index is 0.0686. The van der Waals surface area contributed by atoms with Crippen LogP contribution in [0.3, 0.4) is 0 Å². The standard InChI is InChI=1S/C16H22N2O2/c1-12-6-5-7-13(10-12)14(19)11-18-9-8-17(4)15(20)16(18,2)3/h5-7,10H,8-9,11H2,1-4H3. The van der Waals surface area contributed by atoms with E-state index < -0.39 is 5.54 Å². The van der Waals surface area contributed by atoms with E-state index in [1.54, 1.807) is 4.90 Å². The van der Waals surface area contributed by atoms with Crippen molar-refractivity contribution in [1.82, 2.24) is 9.80 Å². The Morgan fingerprint density at radius 2 is 2.00 bits per heavy atom. The first-order valence-electron chi connectivity index (χ1n) is 6.93. The van der Waals surface area contributed by atoms with Crippen LogP contribution in [0.15, 0.2) is 24.3 Å². The zero-order chi connectivity index (χ0) is 14.9. The van der Waals surface area contributed by atoms with E-state index in [1.807, 2.05) is 57.0 Å². The molecule has 0 radical (unpaired) electrons. The van der Waals surface area contributed by atoms with E-state index in [1.165, 1.54) is 0 Å². The van der Waals surface area contributed by atoms with Crippen molar-refractivity contribution >= 4 is 11.7 Å². The Balaban J connectivity index is 2.13. The number of hydrogen-bond donors (Lipinski definition) is 0. The van der Waals surface area contributed by atoms with Crippen LogP contribution < -0.4 is 0 Å². The number of rotatable bonds is 3. The summed E-state index contributed by atoms with van der Waals surface area (Å²) in [7, 11) is 1.81. The summed E-state index contributed by atoms with van der Waals surface area (Å²) in [6.45, 7) is 7.43. The maximum atomic E-state index is 12.4. The second kappa shape index (κ2) is 5.37. The van der Waals surface area contributed by atoms with Gasteiger partial charge >= 0.3 is 0 Å². The fraction of sp³-hybridized carbons (Fsp3) is 0.500. The Labute approximate surface area is 120 Å². The first-order chi connectivity index (χ1) is 9.32. The number of likely N-dealkylation sites (N-methyl/N-ethyl adjacent to an activating group) is 1. The van der Waals surface area contributed by atoms with E-state index in [0.29, 0.717) is 12.1 Å². The van der Waals surface area contributed by atoms with Gasteiger partial charge in [0.25, 0.3) is 0 Å². The van der Waals surface area contributed by atoms with Crippen molar-refractivity contribution in [2.24, 2.45) is 0 Å². The number of nitrogens with zero attached hydrogens (tertiary/aromatic N) is 2. The maximum Gasteiger partial charge on any atom is 0.242 e. The molecule has 4 heteroatoms. The van der Waals surface area contributed by atoms with Gasteiger partial charge in [0.15, 0.2) is 5.78 Å². The molecular formula is C16H22N2O2. The van der Waals surface area contributed by atoms with Crippen LogP contribution in [0, 0.1) is 6.92 Å². The largest absolute Gasteiger partial charge is 0.343 e. The van der Waals surface area contributed by atoms with Crippen molar-refractivity contribution in [3.63, 3.8) is 0 Å². The lowest BCUT2D eigenvalue weighted by molar-refractivity contribution is -0.146. The molecular weight excluding hydrogens is 252 g/mol. The van der Waals surface area contributed by atoms with Crippen LogP contribution in [0.1, 0.15) is 29.8 Å². The van der Waals surface area contributed by atoms with Gasteiger partial charge in [-0.15, -0.1) is 0 Å². The third kappa shape index (κ3) is 2.75. The maximum absolute atomic E-state index is 12.4. The predicted octanol–water partition coefficient (Wildman–Crippen LogP) is 1.73. The number of carbonyl (C=O) groups excluding carboxylic acids is 2. The fourth-order valence-corrected chi connectivity index (χ4v) is 2.61. The number of ketones is 1. The molecule has 108 valence electrons. The van der Waals surface area contributed by atoms with Crippen LogP contribution in [-0.2, 0) is 4.79 Å². The lowest BCUT2D eigenvalue weighted by Crippen LogP contribution is -2.62. The highest BCUT2D eigenvalue weighted by Gasteiger charge is 2.40. The zero-order valence-corrected chi connectivity index (χ0v) is 12.6. The molecule has 0 aromatic heterocycles. The lowest BCUT2D eigenvalue weighted by atomic mass is 9.96. The van der Waals surface area contributed by atoms with E-state index >= 15 is 0 Å². The first-order valence-corrected chi connectivity index (χ1v) is 6.93. The van der Waals surface area contributed by atoms with E-state index in [0.717, 1.165) is 12.1 Å². The number of Topliss-reactive ketones (excluding diaryl/α,β-unsaturated/α-hetero) is 1. The highest BCUT2D eigenvalue weighted by Crippen LogP contribution is 2.22. The number of amides is 1. The summed E-state index contributed by atoms with van der Waals surface area (Å²) in [5.41, 5.74) is 1.17. The third-order valence-electron chi connectivity index (χ3n) is 4.04. The molecule has 2 rings (SSSR count). The van der Waals surface area contributed by atoms with Gasteiger partial charge in [-0.25, -0.2) is 0 Å². The highest BCUT2D eigenvalue weighted by atomic mass is 16.2. The van der Waals surface area contributed by atoms with E-state index in [9.17, 15) is 9.59 Å². The molecule has 1 aromatic rings. The fourth-order valence-electron chi connectivity index (χ4n) is 2.61. The molecule has 1 heterocycles. The van der Waals surface area contributed by atoms with Crippen LogP contribution in [0.2, 0.25) is 0 Å². The molecule has 0 saturated carbocycles. The summed E-state index contributed by atoms with van der Waals surface area (Å²) in [6, 6.07) is 7.59. The van der Waals surface area contributed by atoms with Crippen LogP contribution >= 0.6 is 0 Å². The van der Waals surface area contributed by atoms with Crippen molar-refractivity contribution in [2.45, 2.75) is 26.3 Å². The normalized spacial score (nSPS) is 19.2. The van der Waals surface area contributed by atoms with Crippen LogP contribution in [0.5, 0.6) is 0 Å². The Morgan fingerprint density at radius 1 is 1.30 bits per heavy atom. The number of piperazine rings is 1. The topological polar surface area (TPSA) is 40.6 Å². The quantitative estimate of drug-likeness (QED) is 0.788. The van der Waals surface area contributed by atoms with Gasteiger partial charge in [-0.2, -0.15) is 0 Å². The molecule has 1 aromatic carbocycles. The SMILES string of the molecule is Cc1cccc(C(=O)CN2CCN(C)C(=O)C2(C)C)c1. The average Bonchev–Trinajstić information content (AvgIpc) is 2.40. The molecule has 1 saturated heterocycles. The molecule has 4 nitrogen and oxygen atoms in total. The van der Waals surface area contributed by atoms with Gasteiger partial charge in [0, 0.05) is 25.7 Å². The smallest absolute Gasteiger partial charge is 0.242 e. The molecule has 0 unspecified atom stereocenters. The average molecular weight is 274 g/mol. The van der Waals surface area contributed by atoms with Gasteiger partial charge in [0.1, 0.15) is 0 Å². The molecule has 0 aliphatic carbocycles. The Bertz CT molecular complexity index is 537. The second-order valence-electron chi connectivity index (χ2n) is 6.00. The number of benzene rings is 1. The third-order valence-corrected chi connectivity index (χ3v) is 4.04. The number of carbonyl (C=O) groups is 2. The molecule has 1 aliphatic rings. The molecule has 1 aliphatic heterocycles. The summed E-state index contributed by atoms with van der Waals surface area (Å²) < 4.78 is 0. The van der Waals surface area contributed by atoms with Gasteiger partial charge in [-0.05, 0) is 26.8 Å². The van der Waals surface area contributed by atoms with Gasteiger partial charge in [0.05, 0.1) is 12.1 Å². The van der Waals surface area contributed by atoms with Crippen molar-refractivity contribution in [2.75, 3.05) is 26.7 Å². The van der Waals surface area contributed by atoms with Crippen molar-refractivity contribution < 1.29 is 9.59 Å². The van der Waals surface area contributed by atoms with Crippen LogP contribution in [0.25, 0.3) is 0 Å². The van der Waals surface area contributed by atoms with Crippen LogP contribution in [-0.4, -0.2) is 53.7 Å². The summed E-state index contributed by atoms with van der Waals surface area (Å²) >= 11 is 0. The van der Waals surface area contributed by atoms with E-state index in [-0.39, 0.29) is 18.2 Å². The molecule has 1 amide bonds. The molecule has 1 fully saturated rings. The van der Waals surface area contributed by atoms with Gasteiger partial charge < -0.3 is 4.90 Å².